The Labute approximate surface area is 162 Å². The predicted molar refractivity (Wildman–Crippen MR) is 111 cm³/mol. The topological polar surface area (TPSA) is 70.6 Å². The molecule has 2 saturated heterocycles. The molecule has 0 saturated carbocycles. The maximum Gasteiger partial charge on any atom is 0.191 e. The van der Waals surface area contributed by atoms with Crippen molar-refractivity contribution in [3.05, 3.63) is 0 Å². The summed E-state index contributed by atoms with van der Waals surface area (Å²) in [6.45, 7) is 5.71. The van der Waals surface area contributed by atoms with E-state index in [1.807, 2.05) is 11.8 Å². The Balaban J connectivity index is 0.00000264. The van der Waals surface area contributed by atoms with Gasteiger partial charge in [0.2, 0.25) is 0 Å². The monoisotopic (exact) mass is 475 g/mol. The Bertz CT molecular complexity index is 477. The van der Waals surface area contributed by atoms with Crippen LogP contribution in [0.15, 0.2) is 4.99 Å². The van der Waals surface area contributed by atoms with Crippen LogP contribution in [0.1, 0.15) is 39.5 Å². The lowest BCUT2D eigenvalue weighted by atomic mass is 10.1. The highest BCUT2D eigenvalue weighted by atomic mass is 127. The van der Waals surface area contributed by atoms with Crippen LogP contribution in [0, 0.1) is 5.92 Å². The van der Waals surface area contributed by atoms with Crippen LogP contribution in [0.5, 0.6) is 0 Å². The van der Waals surface area contributed by atoms with E-state index in [0.717, 1.165) is 18.9 Å². The molecule has 5 nitrogen and oxygen atoms in total. The summed E-state index contributed by atoms with van der Waals surface area (Å²) in [5.41, 5.74) is 0. The Morgan fingerprint density at radius 2 is 2.09 bits per heavy atom. The molecule has 0 radical (unpaired) electrons. The minimum atomic E-state index is -2.81. The van der Waals surface area contributed by atoms with E-state index in [1.54, 1.807) is 0 Å². The van der Waals surface area contributed by atoms with Crippen molar-refractivity contribution in [2.45, 2.75) is 50.8 Å². The quantitative estimate of drug-likeness (QED) is 0.363. The molecule has 2 unspecified atom stereocenters. The zero-order valence-electron chi connectivity index (χ0n) is 14.1. The van der Waals surface area contributed by atoms with E-state index in [9.17, 15) is 8.42 Å². The predicted octanol–water partition coefficient (Wildman–Crippen LogP) is 2.27. The zero-order chi connectivity index (χ0) is 16.0. The summed E-state index contributed by atoms with van der Waals surface area (Å²) in [5.74, 6) is 2.89. The van der Waals surface area contributed by atoms with Gasteiger partial charge in [-0.05, 0) is 44.8 Å². The summed E-state index contributed by atoms with van der Waals surface area (Å²) in [6, 6.07) is 0.317. The van der Waals surface area contributed by atoms with Crippen LogP contribution in [-0.4, -0.2) is 56.0 Å². The van der Waals surface area contributed by atoms with E-state index in [4.69, 9.17) is 0 Å². The molecule has 0 spiro atoms. The van der Waals surface area contributed by atoms with Crippen LogP contribution in [0.2, 0.25) is 0 Å². The smallest absolute Gasteiger partial charge is 0.191 e. The van der Waals surface area contributed by atoms with Crippen LogP contribution >= 0.6 is 35.7 Å². The van der Waals surface area contributed by atoms with Gasteiger partial charge in [0.15, 0.2) is 15.8 Å². The van der Waals surface area contributed by atoms with E-state index in [-0.39, 0.29) is 29.9 Å². The summed E-state index contributed by atoms with van der Waals surface area (Å²) in [4.78, 5) is 4.62. The number of aliphatic imine (C=N–C) groups is 1. The van der Waals surface area contributed by atoms with E-state index in [2.05, 4.69) is 29.5 Å². The molecule has 2 aliphatic heterocycles. The van der Waals surface area contributed by atoms with Gasteiger partial charge in [0.25, 0.3) is 0 Å². The molecule has 2 aliphatic rings. The van der Waals surface area contributed by atoms with Gasteiger partial charge < -0.3 is 10.6 Å². The first-order valence-corrected chi connectivity index (χ1v) is 11.2. The highest BCUT2D eigenvalue weighted by Gasteiger charge is 2.27. The van der Waals surface area contributed by atoms with Crippen LogP contribution < -0.4 is 10.6 Å². The lowest BCUT2D eigenvalue weighted by molar-refractivity contribution is 0.586. The molecule has 2 fully saturated rings. The Hall–Kier alpha value is 0.300. The second-order valence-electron chi connectivity index (χ2n) is 6.63. The number of guanidine groups is 1. The van der Waals surface area contributed by atoms with Crippen molar-refractivity contribution in [3.8, 4) is 0 Å². The summed E-state index contributed by atoms with van der Waals surface area (Å²) >= 11 is 2.04. The molecule has 23 heavy (non-hydrogen) atoms. The number of thioether (sulfide) groups is 1. The van der Waals surface area contributed by atoms with Gasteiger partial charge in [0.1, 0.15) is 0 Å². The standard InChI is InChI=1S/C15H29N3O2S2.HI/c1-12(2)18-15(17-10-14-5-3-4-7-21-14)16-9-13-6-8-22(19,20)11-13;/h12-14H,3-11H2,1-2H3,(H2,16,17,18);1H. The van der Waals surface area contributed by atoms with Crippen molar-refractivity contribution in [3.63, 3.8) is 0 Å². The van der Waals surface area contributed by atoms with Gasteiger partial charge >= 0.3 is 0 Å². The largest absolute Gasteiger partial charge is 0.355 e. The molecule has 0 bridgehead atoms. The maximum absolute atomic E-state index is 11.5. The van der Waals surface area contributed by atoms with Gasteiger partial charge in [0.05, 0.1) is 11.5 Å². The maximum atomic E-state index is 11.5. The number of nitrogens with one attached hydrogen (secondary N) is 2. The van der Waals surface area contributed by atoms with Crippen molar-refractivity contribution in [2.75, 3.05) is 30.3 Å². The first-order chi connectivity index (χ1) is 10.4. The summed E-state index contributed by atoms with van der Waals surface area (Å²) in [7, 11) is -2.81. The van der Waals surface area contributed by atoms with Gasteiger partial charge in [0, 0.05) is 24.4 Å². The molecule has 2 N–H and O–H groups in total. The number of rotatable bonds is 5. The van der Waals surface area contributed by atoms with Crippen molar-refractivity contribution >= 4 is 51.5 Å². The lowest BCUT2D eigenvalue weighted by Gasteiger charge is -2.23. The summed E-state index contributed by atoms with van der Waals surface area (Å²) < 4.78 is 23.0. The van der Waals surface area contributed by atoms with Crippen LogP contribution in [0.25, 0.3) is 0 Å². The zero-order valence-corrected chi connectivity index (χ0v) is 18.0. The van der Waals surface area contributed by atoms with E-state index >= 15 is 0 Å². The van der Waals surface area contributed by atoms with Crippen LogP contribution in [-0.2, 0) is 9.84 Å². The molecular formula is C15H30IN3O2S2. The first kappa shape index (κ1) is 21.3. The molecule has 0 aromatic rings. The average Bonchev–Trinajstić information content (AvgIpc) is 2.82. The fourth-order valence-corrected chi connectivity index (χ4v) is 5.93. The molecule has 136 valence electrons. The fourth-order valence-electron chi connectivity index (χ4n) is 2.84. The van der Waals surface area contributed by atoms with Gasteiger partial charge in [-0.25, -0.2) is 8.42 Å². The number of hydrogen-bond acceptors (Lipinski definition) is 4. The van der Waals surface area contributed by atoms with E-state index in [1.165, 1.54) is 25.0 Å². The lowest BCUT2D eigenvalue weighted by Crippen LogP contribution is -2.44. The number of nitrogens with zero attached hydrogens (tertiary/aromatic N) is 1. The first-order valence-electron chi connectivity index (χ1n) is 8.31. The minimum Gasteiger partial charge on any atom is -0.355 e. The molecule has 0 aromatic heterocycles. The summed E-state index contributed by atoms with van der Waals surface area (Å²) in [6.07, 6.45) is 4.68. The van der Waals surface area contributed by atoms with Crippen LogP contribution in [0.4, 0.5) is 0 Å². The second kappa shape index (κ2) is 10.3. The second-order valence-corrected chi connectivity index (χ2v) is 10.3. The molecule has 2 atom stereocenters. The average molecular weight is 475 g/mol. The third kappa shape index (κ3) is 8.29. The Morgan fingerprint density at radius 1 is 1.30 bits per heavy atom. The Kier molecular flexibility index (Phi) is 9.58. The molecule has 2 heterocycles. The Morgan fingerprint density at radius 3 is 2.65 bits per heavy atom. The third-order valence-electron chi connectivity index (χ3n) is 4.03. The fraction of sp³-hybridized carbons (Fsp3) is 0.933. The van der Waals surface area contributed by atoms with Gasteiger partial charge in [-0.3, -0.25) is 4.99 Å². The third-order valence-corrected chi connectivity index (χ3v) is 7.27. The highest BCUT2D eigenvalue weighted by molar-refractivity contribution is 14.0. The van der Waals surface area contributed by atoms with Crippen molar-refractivity contribution in [2.24, 2.45) is 10.9 Å². The van der Waals surface area contributed by atoms with E-state index < -0.39 is 9.84 Å². The number of sulfone groups is 1. The van der Waals surface area contributed by atoms with Crippen LogP contribution in [0.3, 0.4) is 0 Å². The number of halogens is 1. The molecule has 0 aliphatic carbocycles. The minimum absolute atomic E-state index is 0. The molecule has 0 amide bonds. The molecule has 2 rings (SSSR count). The highest BCUT2D eigenvalue weighted by Crippen LogP contribution is 2.24. The molecule has 8 heteroatoms. The normalized spacial score (nSPS) is 27.5. The van der Waals surface area contributed by atoms with Gasteiger partial charge in [-0.1, -0.05) is 6.42 Å². The van der Waals surface area contributed by atoms with Crippen molar-refractivity contribution in [1.29, 1.82) is 0 Å². The molecule has 0 aromatic carbocycles. The SMILES string of the molecule is CC(C)NC(=NCC1CCS(=O)(=O)C1)NCC1CCCCS1.I. The summed E-state index contributed by atoms with van der Waals surface area (Å²) in [5, 5.41) is 7.44. The number of hydrogen-bond donors (Lipinski definition) is 2. The van der Waals surface area contributed by atoms with Gasteiger partial charge in [-0.2, -0.15) is 11.8 Å². The van der Waals surface area contributed by atoms with Gasteiger partial charge in [-0.15, -0.1) is 24.0 Å². The van der Waals surface area contributed by atoms with E-state index in [0.29, 0.717) is 29.3 Å². The van der Waals surface area contributed by atoms with Crippen molar-refractivity contribution < 1.29 is 8.42 Å². The molecular weight excluding hydrogens is 445 g/mol. The van der Waals surface area contributed by atoms with Crippen molar-refractivity contribution in [1.82, 2.24) is 10.6 Å².